The minimum Gasteiger partial charge on any atom is -0.497 e. The second-order valence-corrected chi connectivity index (χ2v) is 5.31. The molecule has 0 aliphatic heterocycles. The maximum atomic E-state index is 12.3. The van der Waals surface area contributed by atoms with Gasteiger partial charge in [0.1, 0.15) is 5.75 Å². The van der Waals surface area contributed by atoms with E-state index in [0.29, 0.717) is 17.0 Å². The molecule has 0 fully saturated rings. The molecule has 0 radical (unpaired) electrons. The Bertz CT molecular complexity index is 800. The third-order valence-corrected chi connectivity index (χ3v) is 3.27. The van der Waals surface area contributed by atoms with E-state index in [1.54, 1.807) is 42.5 Å². The van der Waals surface area contributed by atoms with Crippen LogP contribution in [0.25, 0.3) is 10.8 Å². The van der Waals surface area contributed by atoms with Crippen LogP contribution in [0.15, 0.2) is 42.6 Å². The number of amides is 1. The molecule has 2 rings (SSSR count). The zero-order chi connectivity index (χ0) is 17.7. The molecule has 7 nitrogen and oxygen atoms in total. The molecule has 0 aromatic heterocycles. The van der Waals surface area contributed by atoms with Crippen molar-refractivity contribution < 1.29 is 19.4 Å². The lowest BCUT2D eigenvalue weighted by atomic mass is 10.0. The van der Waals surface area contributed by atoms with E-state index >= 15 is 0 Å². The molecule has 126 valence electrons. The van der Waals surface area contributed by atoms with Crippen molar-refractivity contribution >= 4 is 28.3 Å². The van der Waals surface area contributed by atoms with Gasteiger partial charge in [0.25, 0.3) is 0 Å². The van der Waals surface area contributed by atoms with Crippen molar-refractivity contribution in [3.63, 3.8) is 0 Å². The lowest BCUT2D eigenvalue weighted by Gasteiger charge is -2.12. The number of carbonyl (C=O) groups is 2. The van der Waals surface area contributed by atoms with Gasteiger partial charge in [-0.3, -0.25) is 10.2 Å². The van der Waals surface area contributed by atoms with E-state index in [2.05, 4.69) is 10.9 Å². The Balaban J connectivity index is 2.50. The van der Waals surface area contributed by atoms with E-state index in [1.165, 1.54) is 6.08 Å². The Kier molecular flexibility index (Phi) is 5.26. The van der Waals surface area contributed by atoms with E-state index in [4.69, 9.17) is 9.84 Å². The Morgan fingerprint density at radius 1 is 1.21 bits per heavy atom. The van der Waals surface area contributed by atoms with E-state index < -0.39 is 6.09 Å². The average molecular weight is 329 g/mol. The average Bonchev–Trinajstić information content (AvgIpc) is 2.56. The smallest absolute Gasteiger partial charge is 0.423 e. The number of carbonyl (C=O) groups excluding carboxylic acids is 1. The summed E-state index contributed by atoms with van der Waals surface area (Å²) in [6.07, 6.45) is 1.89. The normalized spacial score (nSPS) is 10.6. The molecule has 0 unspecified atom stereocenters. The Labute approximate surface area is 139 Å². The summed E-state index contributed by atoms with van der Waals surface area (Å²) in [6, 6.07) is 8.71. The molecule has 0 bridgehead atoms. The van der Waals surface area contributed by atoms with Crippen LogP contribution in [0.2, 0.25) is 0 Å². The first-order valence-electron chi connectivity index (χ1n) is 7.16. The van der Waals surface area contributed by atoms with Gasteiger partial charge in [-0.1, -0.05) is 6.07 Å². The van der Waals surface area contributed by atoms with Crippen LogP contribution < -0.4 is 15.6 Å². The van der Waals surface area contributed by atoms with Crippen LogP contribution >= 0.6 is 0 Å². The molecular weight excluding hydrogens is 310 g/mol. The van der Waals surface area contributed by atoms with Gasteiger partial charge in [0, 0.05) is 37.3 Å². The number of fused-ring (bicyclic) bond motifs is 1. The molecule has 0 saturated heterocycles. The highest BCUT2D eigenvalue weighted by Gasteiger charge is 2.10. The fourth-order valence-electron chi connectivity index (χ4n) is 2.14. The highest BCUT2D eigenvalue weighted by Crippen LogP contribution is 2.29. The summed E-state index contributed by atoms with van der Waals surface area (Å²) in [5.41, 5.74) is 5.62. The number of hydrogen-bond donors (Lipinski definition) is 3. The molecule has 0 saturated carbocycles. The number of hydrazine groups is 1. The third-order valence-electron chi connectivity index (χ3n) is 3.27. The quantitative estimate of drug-likeness (QED) is 0.429. The number of nitrogens with one attached hydrogen (secondary N) is 2. The van der Waals surface area contributed by atoms with Crippen molar-refractivity contribution in [2.75, 3.05) is 26.6 Å². The Morgan fingerprint density at radius 3 is 2.58 bits per heavy atom. The Morgan fingerprint density at radius 2 is 1.96 bits per heavy atom. The number of hydrogen-bond acceptors (Lipinski definition) is 5. The highest BCUT2D eigenvalue weighted by atomic mass is 16.5. The number of anilines is 1. The van der Waals surface area contributed by atoms with Crippen LogP contribution in [0.5, 0.6) is 5.75 Å². The van der Waals surface area contributed by atoms with Crippen molar-refractivity contribution in [1.29, 1.82) is 0 Å². The summed E-state index contributed by atoms with van der Waals surface area (Å²) in [4.78, 5) is 24.8. The predicted octanol–water partition coefficient (Wildman–Crippen LogP) is 2.70. The largest absolute Gasteiger partial charge is 0.497 e. The number of carboxylic acid groups (broad SMARTS) is 1. The SMILES string of the molecule is COc1ccc2cc(C(=O)C=CN(C)C)cc(NNC(=O)O)c2c1. The van der Waals surface area contributed by atoms with Crippen LogP contribution in [0.3, 0.4) is 0 Å². The molecule has 2 aromatic carbocycles. The van der Waals surface area contributed by atoms with E-state index in [9.17, 15) is 9.59 Å². The third kappa shape index (κ3) is 4.16. The van der Waals surface area contributed by atoms with Crippen LogP contribution in [-0.4, -0.2) is 43.1 Å². The monoisotopic (exact) mass is 329 g/mol. The zero-order valence-electron chi connectivity index (χ0n) is 13.7. The molecule has 7 heteroatoms. The van der Waals surface area contributed by atoms with Crippen LogP contribution in [-0.2, 0) is 0 Å². The molecular formula is C17H19N3O4. The fourth-order valence-corrected chi connectivity index (χ4v) is 2.14. The summed E-state index contributed by atoms with van der Waals surface area (Å²) in [5.74, 6) is 0.451. The number of benzene rings is 2. The van der Waals surface area contributed by atoms with Crippen LogP contribution in [0.1, 0.15) is 10.4 Å². The fraction of sp³-hybridized carbons (Fsp3) is 0.176. The molecule has 0 aliphatic carbocycles. The highest BCUT2D eigenvalue weighted by molar-refractivity contribution is 6.09. The first-order chi connectivity index (χ1) is 11.4. The van der Waals surface area contributed by atoms with Gasteiger partial charge >= 0.3 is 6.09 Å². The topological polar surface area (TPSA) is 90.9 Å². The van der Waals surface area contributed by atoms with Crippen molar-refractivity contribution in [3.8, 4) is 5.75 Å². The molecule has 1 amide bonds. The summed E-state index contributed by atoms with van der Waals surface area (Å²) < 4.78 is 5.20. The first-order valence-corrected chi connectivity index (χ1v) is 7.16. The maximum Gasteiger partial charge on any atom is 0.423 e. The first kappa shape index (κ1) is 17.1. The summed E-state index contributed by atoms with van der Waals surface area (Å²) in [7, 11) is 5.19. The molecule has 0 spiro atoms. The molecule has 24 heavy (non-hydrogen) atoms. The van der Waals surface area contributed by atoms with E-state index in [0.717, 1.165) is 10.8 Å². The number of rotatable bonds is 6. The Hall–Kier alpha value is -3.22. The number of ether oxygens (including phenoxy) is 1. The van der Waals surface area contributed by atoms with Crippen molar-refractivity contribution in [3.05, 3.63) is 48.2 Å². The molecule has 0 heterocycles. The number of nitrogens with zero attached hydrogens (tertiary/aromatic N) is 1. The van der Waals surface area contributed by atoms with E-state index in [1.807, 2.05) is 20.2 Å². The van der Waals surface area contributed by atoms with E-state index in [-0.39, 0.29) is 5.78 Å². The lowest BCUT2D eigenvalue weighted by molar-refractivity contribution is 0.104. The van der Waals surface area contributed by atoms with Crippen molar-refractivity contribution in [2.24, 2.45) is 0 Å². The van der Waals surface area contributed by atoms with Gasteiger partial charge < -0.3 is 14.7 Å². The zero-order valence-corrected chi connectivity index (χ0v) is 13.7. The number of methoxy groups -OCH3 is 1. The van der Waals surface area contributed by atoms with Gasteiger partial charge in [-0.25, -0.2) is 10.2 Å². The summed E-state index contributed by atoms with van der Waals surface area (Å²) in [5, 5.41) is 10.3. The van der Waals surface area contributed by atoms with Gasteiger partial charge in [0.15, 0.2) is 5.78 Å². The molecule has 0 atom stereocenters. The number of ketones is 1. The molecule has 0 aliphatic rings. The minimum atomic E-state index is -1.23. The predicted molar refractivity (Wildman–Crippen MR) is 92.4 cm³/mol. The maximum absolute atomic E-state index is 12.3. The van der Waals surface area contributed by atoms with Crippen molar-refractivity contribution in [2.45, 2.75) is 0 Å². The van der Waals surface area contributed by atoms with Gasteiger partial charge in [-0.2, -0.15) is 0 Å². The van der Waals surface area contributed by atoms with Gasteiger partial charge in [-0.15, -0.1) is 0 Å². The summed E-state index contributed by atoms with van der Waals surface area (Å²) >= 11 is 0. The molecule has 3 N–H and O–H groups in total. The summed E-state index contributed by atoms with van der Waals surface area (Å²) in [6.45, 7) is 0. The molecule has 2 aromatic rings. The van der Waals surface area contributed by atoms with Crippen LogP contribution in [0, 0.1) is 0 Å². The standard InChI is InChI=1S/C17H19N3O4/c1-20(2)7-6-16(21)12-8-11-4-5-13(24-3)10-14(11)15(9-12)18-19-17(22)23/h4-10,18-19H,1-3H3,(H,22,23). The second kappa shape index (κ2) is 7.36. The second-order valence-electron chi connectivity index (χ2n) is 5.31. The van der Waals surface area contributed by atoms with Gasteiger partial charge in [0.2, 0.25) is 0 Å². The number of allylic oxidation sites excluding steroid dienone is 1. The lowest BCUT2D eigenvalue weighted by Crippen LogP contribution is -2.27. The van der Waals surface area contributed by atoms with Crippen LogP contribution in [0.4, 0.5) is 10.5 Å². The van der Waals surface area contributed by atoms with Crippen molar-refractivity contribution in [1.82, 2.24) is 10.3 Å². The van der Waals surface area contributed by atoms with Gasteiger partial charge in [-0.05, 0) is 29.7 Å². The van der Waals surface area contributed by atoms with Gasteiger partial charge in [0.05, 0.1) is 12.8 Å². The minimum absolute atomic E-state index is 0.181.